The van der Waals surface area contributed by atoms with Crippen LogP contribution < -0.4 is 5.32 Å². The van der Waals surface area contributed by atoms with Crippen LogP contribution in [-0.2, 0) is 16.0 Å². The van der Waals surface area contributed by atoms with Crippen LogP contribution in [0.1, 0.15) is 43.2 Å². The van der Waals surface area contributed by atoms with Gasteiger partial charge in [0.15, 0.2) is 5.72 Å². The molecule has 8 heteroatoms. The number of quaternary nitrogens is 1. The van der Waals surface area contributed by atoms with Gasteiger partial charge in [-0.3, -0.25) is 4.79 Å². The number of halogens is 3. The summed E-state index contributed by atoms with van der Waals surface area (Å²) >= 11 is 0. The fourth-order valence-corrected chi connectivity index (χ4v) is 8.99. The maximum absolute atomic E-state index is 14.1. The quantitative estimate of drug-likeness (QED) is 0.257. The number of rotatable bonds is 6. The van der Waals surface area contributed by atoms with Gasteiger partial charge < -0.3 is 19.6 Å². The highest BCUT2D eigenvalue weighted by molar-refractivity contribution is 5.99. The highest BCUT2D eigenvalue weighted by atomic mass is 19.4. The van der Waals surface area contributed by atoms with Crippen LogP contribution in [0.15, 0.2) is 89.5 Å². The van der Waals surface area contributed by atoms with Crippen molar-refractivity contribution in [3.8, 4) is 0 Å². The standard InChI is InChI=1S/C35H37F3N2O3/c1-40(19-16-23-9-4-2-5-10-23)20-18-33-26-13-8-14-29(33)43-31-30(33)25(22-28(26)40)15-17-34(31,42)39-32(41)27(35(36,37)38)21-24-11-6-3-7-12-24/h2-7,9-12,15,17,21,26,28-29,31,42H,8,13-14,16,18-20,22H2,1H3/p+1/t26-,28+,29-,31?,33+,34?,40?/m0/s1. The minimum absolute atomic E-state index is 0.128. The number of allylic oxidation sites excluding steroid dienone is 1. The van der Waals surface area contributed by atoms with Crippen molar-refractivity contribution in [2.45, 2.75) is 68.7 Å². The number of ether oxygens (including phenoxy) is 1. The number of carbonyl (C=O) groups is 1. The number of alkyl halides is 3. The second-order valence-corrected chi connectivity index (χ2v) is 13.3. The third-order valence-electron chi connectivity index (χ3n) is 11.0. The number of carbonyl (C=O) groups excluding carboxylic acids is 1. The van der Waals surface area contributed by atoms with Crippen molar-refractivity contribution in [1.29, 1.82) is 0 Å². The summed E-state index contributed by atoms with van der Waals surface area (Å²) in [6.07, 6.45) is 3.84. The van der Waals surface area contributed by atoms with Crippen LogP contribution >= 0.6 is 0 Å². The predicted molar refractivity (Wildman–Crippen MR) is 157 cm³/mol. The molecule has 7 rings (SSSR count). The van der Waals surface area contributed by atoms with Gasteiger partial charge in [-0.2, -0.15) is 13.2 Å². The van der Waals surface area contributed by atoms with E-state index in [0.29, 0.717) is 12.0 Å². The molecule has 5 aliphatic rings. The van der Waals surface area contributed by atoms with Crippen LogP contribution in [0.2, 0.25) is 0 Å². The van der Waals surface area contributed by atoms with E-state index in [0.717, 1.165) is 73.3 Å². The molecular weight excluding hydrogens is 553 g/mol. The van der Waals surface area contributed by atoms with Crippen LogP contribution in [0.3, 0.4) is 0 Å². The Balaban J connectivity index is 1.20. The first kappa shape index (κ1) is 28.6. The van der Waals surface area contributed by atoms with Gasteiger partial charge in [0.1, 0.15) is 11.7 Å². The van der Waals surface area contributed by atoms with Gasteiger partial charge in [0.25, 0.3) is 5.91 Å². The zero-order valence-corrected chi connectivity index (χ0v) is 24.3. The molecule has 3 aliphatic carbocycles. The Morgan fingerprint density at radius 3 is 2.56 bits per heavy atom. The first-order valence-corrected chi connectivity index (χ1v) is 15.4. The van der Waals surface area contributed by atoms with E-state index >= 15 is 0 Å². The second-order valence-electron chi connectivity index (χ2n) is 13.3. The zero-order valence-electron chi connectivity index (χ0n) is 24.3. The van der Waals surface area contributed by atoms with Gasteiger partial charge in [-0.1, -0.05) is 73.2 Å². The second kappa shape index (κ2) is 10.2. The first-order valence-electron chi connectivity index (χ1n) is 15.4. The Kier molecular flexibility index (Phi) is 6.76. The highest BCUT2D eigenvalue weighted by Crippen LogP contribution is 2.66. The molecule has 1 amide bonds. The monoisotopic (exact) mass is 591 g/mol. The fourth-order valence-electron chi connectivity index (χ4n) is 8.99. The van der Waals surface area contributed by atoms with Crippen LogP contribution in [-0.4, -0.2) is 65.8 Å². The molecule has 2 aromatic rings. The number of benzene rings is 2. The number of nitrogens with one attached hydrogen (secondary N) is 1. The first-order chi connectivity index (χ1) is 20.5. The molecule has 2 saturated heterocycles. The molecule has 3 unspecified atom stereocenters. The SMILES string of the molecule is C[N+]1(CCc2ccccc2)CC[C@]23C4=C5C=CC(O)(NC(=O)C(=Cc6ccccc6)C(F)(F)F)C4O[C@H]2CCC[C@H]3[C@H]1C5. The smallest absolute Gasteiger partial charge is 0.365 e. The Morgan fingerprint density at radius 1 is 1.12 bits per heavy atom. The molecule has 0 aromatic heterocycles. The van der Waals surface area contributed by atoms with Crippen molar-refractivity contribution in [2.24, 2.45) is 11.3 Å². The minimum Gasteiger partial charge on any atom is -0.365 e. The summed E-state index contributed by atoms with van der Waals surface area (Å²) in [6, 6.07) is 18.9. The molecule has 5 nitrogen and oxygen atoms in total. The number of amides is 1. The minimum atomic E-state index is -4.91. The molecule has 1 saturated carbocycles. The lowest BCUT2D eigenvalue weighted by molar-refractivity contribution is -0.945. The van der Waals surface area contributed by atoms with E-state index < -0.39 is 29.5 Å². The van der Waals surface area contributed by atoms with Crippen molar-refractivity contribution in [3.63, 3.8) is 0 Å². The summed E-state index contributed by atoms with van der Waals surface area (Å²) in [7, 11) is 2.38. The van der Waals surface area contributed by atoms with E-state index in [9.17, 15) is 23.1 Å². The number of nitrogens with zero attached hydrogens (tertiary/aromatic N) is 1. The van der Waals surface area contributed by atoms with Crippen molar-refractivity contribution in [2.75, 3.05) is 20.1 Å². The number of hydrogen-bond acceptors (Lipinski definition) is 3. The highest BCUT2D eigenvalue weighted by Gasteiger charge is 2.70. The Bertz CT molecular complexity index is 1500. The topological polar surface area (TPSA) is 58.6 Å². The Hall–Kier alpha value is -3.20. The summed E-state index contributed by atoms with van der Waals surface area (Å²) in [5, 5.41) is 14.3. The number of likely N-dealkylation sites (tertiary alicyclic amines) is 1. The van der Waals surface area contributed by atoms with E-state index in [1.165, 1.54) is 23.8 Å². The van der Waals surface area contributed by atoms with Gasteiger partial charge in [0.05, 0.1) is 32.3 Å². The molecule has 2 aliphatic heterocycles. The molecule has 7 atom stereocenters. The summed E-state index contributed by atoms with van der Waals surface area (Å²) in [5.74, 6) is -1.01. The van der Waals surface area contributed by atoms with Crippen LogP contribution in [0.5, 0.6) is 0 Å². The van der Waals surface area contributed by atoms with Crippen molar-refractivity contribution in [3.05, 3.63) is 101 Å². The summed E-state index contributed by atoms with van der Waals surface area (Å²) in [6.45, 7) is 2.01. The van der Waals surface area contributed by atoms with Gasteiger partial charge in [0, 0.05) is 30.6 Å². The third kappa shape index (κ3) is 4.61. The van der Waals surface area contributed by atoms with Crippen LogP contribution in [0.4, 0.5) is 13.2 Å². The van der Waals surface area contributed by atoms with Crippen LogP contribution in [0.25, 0.3) is 6.08 Å². The molecule has 1 spiro atoms. The molecule has 2 aromatic carbocycles. The van der Waals surface area contributed by atoms with Gasteiger partial charge >= 0.3 is 6.18 Å². The van der Waals surface area contributed by atoms with E-state index in [-0.39, 0.29) is 17.1 Å². The normalized spacial score (nSPS) is 36.3. The summed E-state index contributed by atoms with van der Waals surface area (Å²) < 4.78 is 49.9. The van der Waals surface area contributed by atoms with E-state index in [2.05, 4.69) is 36.6 Å². The molecule has 0 radical (unpaired) electrons. The lowest BCUT2D eigenvalue weighted by Gasteiger charge is -2.61. The summed E-state index contributed by atoms with van der Waals surface area (Å²) in [4.78, 5) is 13.2. The van der Waals surface area contributed by atoms with Crippen LogP contribution in [0, 0.1) is 11.3 Å². The van der Waals surface area contributed by atoms with Crippen molar-refractivity contribution >= 4 is 12.0 Å². The van der Waals surface area contributed by atoms with Gasteiger partial charge in [-0.25, -0.2) is 0 Å². The van der Waals surface area contributed by atoms with E-state index in [1.54, 1.807) is 18.2 Å². The van der Waals surface area contributed by atoms with Gasteiger partial charge in [-0.05, 0) is 47.3 Å². The molecule has 2 bridgehead atoms. The number of aliphatic hydroxyl groups is 1. The lowest BCUT2D eigenvalue weighted by Crippen LogP contribution is -2.69. The van der Waals surface area contributed by atoms with E-state index in [1.807, 2.05) is 12.1 Å². The van der Waals surface area contributed by atoms with Crippen molar-refractivity contribution in [1.82, 2.24) is 5.32 Å². The Morgan fingerprint density at radius 2 is 1.84 bits per heavy atom. The number of likely N-dealkylation sites (N-methyl/N-ethyl adjacent to an activating group) is 1. The van der Waals surface area contributed by atoms with Gasteiger partial charge in [-0.15, -0.1) is 0 Å². The average molecular weight is 592 g/mol. The molecule has 2 heterocycles. The van der Waals surface area contributed by atoms with E-state index in [4.69, 9.17) is 4.74 Å². The maximum atomic E-state index is 14.1. The maximum Gasteiger partial charge on any atom is 0.421 e. The number of piperidine rings is 1. The largest absolute Gasteiger partial charge is 0.421 e. The molecular formula is C35H38F3N2O3+. The average Bonchev–Trinajstić information content (AvgIpc) is 3.34. The summed E-state index contributed by atoms with van der Waals surface area (Å²) in [5.41, 5.74) is 0.0135. The molecule has 226 valence electrons. The number of hydrogen-bond donors (Lipinski definition) is 2. The molecule has 3 fully saturated rings. The molecule has 2 N–H and O–H groups in total. The van der Waals surface area contributed by atoms with Gasteiger partial charge in [0.2, 0.25) is 0 Å². The lowest BCUT2D eigenvalue weighted by atomic mass is 9.50. The zero-order chi connectivity index (χ0) is 30.0. The van der Waals surface area contributed by atoms with Crippen molar-refractivity contribution < 1.29 is 32.3 Å². The third-order valence-corrected chi connectivity index (χ3v) is 11.0. The fraction of sp³-hybridized carbons (Fsp3) is 0.457. The predicted octanol–water partition coefficient (Wildman–Crippen LogP) is 5.72. The molecule has 43 heavy (non-hydrogen) atoms. The Labute approximate surface area is 250 Å².